The van der Waals surface area contributed by atoms with Gasteiger partial charge in [0.2, 0.25) is 0 Å². The molecule has 0 unspecified atom stereocenters. The minimum atomic E-state index is 0.676. The Labute approximate surface area is 119 Å². The number of hydrogen-bond acceptors (Lipinski definition) is 4. The summed E-state index contributed by atoms with van der Waals surface area (Å²) in [4.78, 5) is 5.64. The predicted octanol–water partition coefficient (Wildman–Crippen LogP) is 2.75. The molecule has 0 bridgehead atoms. The van der Waals surface area contributed by atoms with Crippen molar-refractivity contribution < 1.29 is 0 Å². The van der Waals surface area contributed by atoms with Gasteiger partial charge >= 0.3 is 0 Å². The number of aromatic nitrogens is 3. The molecule has 18 heavy (non-hydrogen) atoms. The highest BCUT2D eigenvalue weighted by Crippen LogP contribution is 2.28. The largest absolute Gasteiger partial charge is 0.330 e. The van der Waals surface area contributed by atoms with Crippen LogP contribution in [0.2, 0.25) is 0 Å². The highest BCUT2D eigenvalue weighted by atomic mass is 79.9. The fourth-order valence-electron chi connectivity index (χ4n) is 1.48. The zero-order valence-corrected chi connectivity index (χ0v) is 12.3. The molecular formula is C12H15BrN4S. The Morgan fingerprint density at radius 3 is 2.94 bits per heavy atom. The maximum absolute atomic E-state index is 5.46. The standard InChI is InChI=1S/C12H15BrN4S/c13-9-4-1-2-5-10(9)18-8-12-15-11(16-17-12)6-3-7-14/h1-2,4-5H,3,6-8,14H2,(H,15,16,17). The summed E-state index contributed by atoms with van der Waals surface area (Å²) in [6.07, 6.45) is 1.77. The fourth-order valence-corrected chi connectivity index (χ4v) is 2.91. The maximum atomic E-state index is 5.46. The summed E-state index contributed by atoms with van der Waals surface area (Å²) in [5.74, 6) is 2.55. The summed E-state index contributed by atoms with van der Waals surface area (Å²) in [5.41, 5.74) is 5.46. The van der Waals surface area contributed by atoms with E-state index >= 15 is 0 Å². The fraction of sp³-hybridized carbons (Fsp3) is 0.333. The Bertz CT molecular complexity index is 500. The van der Waals surface area contributed by atoms with Gasteiger partial charge in [0.25, 0.3) is 0 Å². The van der Waals surface area contributed by atoms with Crippen LogP contribution in [0.25, 0.3) is 0 Å². The van der Waals surface area contributed by atoms with E-state index in [0.717, 1.165) is 34.7 Å². The topological polar surface area (TPSA) is 67.6 Å². The average Bonchev–Trinajstić information content (AvgIpc) is 2.83. The first kappa shape index (κ1) is 13.6. The lowest BCUT2D eigenvalue weighted by molar-refractivity contribution is 0.785. The van der Waals surface area contributed by atoms with Gasteiger partial charge in [0.05, 0.1) is 5.75 Å². The molecule has 0 aliphatic rings. The quantitative estimate of drug-likeness (QED) is 0.801. The van der Waals surface area contributed by atoms with Crippen molar-refractivity contribution in [3.63, 3.8) is 0 Å². The summed E-state index contributed by atoms with van der Waals surface area (Å²) >= 11 is 5.26. The molecule has 96 valence electrons. The number of aryl methyl sites for hydroxylation is 1. The van der Waals surface area contributed by atoms with Gasteiger partial charge in [-0.3, -0.25) is 5.10 Å². The first-order valence-electron chi connectivity index (χ1n) is 5.77. The first-order chi connectivity index (χ1) is 8.79. The van der Waals surface area contributed by atoms with E-state index in [1.807, 2.05) is 18.2 Å². The average molecular weight is 327 g/mol. The van der Waals surface area contributed by atoms with Gasteiger partial charge in [0.15, 0.2) is 5.82 Å². The first-order valence-corrected chi connectivity index (χ1v) is 7.55. The minimum absolute atomic E-state index is 0.676. The Hall–Kier alpha value is -0.850. The van der Waals surface area contributed by atoms with Gasteiger partial charge in [-0.15, -0.1) is 11.8 Å². The van der Waals surface area contributed by atoms with E-state index in [0.29, 0.717) is 6.54 Å². The lowest BCUT2D eigenvalue weighted by Crippen LogP contribution is -2.01. The van der Waals surface area contributed by atoms with Crippen molar-refractivity contribution in [3.05, 3.63) is 40.4 Å². The number of thioether (sulfide) groups is 1. The van der Waals surface area contributed by atoms with Crippen molar-refractivity contribution in [2.24, 2.45) is 5.73 Å². The molecular weight excluding hydrogens is 312 g/mol. The summed E-state index contributed by atoms with van der Waals surface area (Å²) in [5, 5.41) is 7.14. The monoisotopic (exact) mass is 326 g/mol. The third kappa shape index (κ3) is 3.83. The molecule has 1 aromatic carbocycles. The second-order valence-electron chi connectivity index (χ2n) is 3.81. The van der Waals surface area contributed by atoms with Crippen LogP contribution in [-0.4, -0.2) is 21.7 Å². The second kappa shape index (κ2) is 6.92. The van der Waals surface area contributed by atoms with Crippen LogP contribution in [-0.2, 0) is 12.2 Å². The molecule has 0 amide bonds. The molecule has 2 aromatic rings. The van der Waals surface area contributed by atoms with Crippen molar-refractivity contribution in [3.8, 4) is 0 Å². The zero-order chi connectivity index (χ0) is 12.8. The third-order valence-electron chi connectivity index (χ3n) is 2.38. The van der Waals surface area contributed by atoms with E-state index in [1.165, 1.54) is 4.90 Å². The molecule has 0 saturated carbocycles. The lowest BCUT2D eigenvalue weighted by Gasteiger charge is -2.01. The van der Waals surface area contributed by atoms with Crippen LogP contribution in [0.5, 0.6) is 0 Å². The van der Waals surface area contributed by atoms with Crippen molar-refractivity contribution in [1.29, 1.82) is 0 Å². The van der Waals surface area contributed by atoms with Gasteiger partial charge in [0.1, 0.15) is 5.82 Å². The van der Waals surface area contributed by atoms with Crippen LogP contribution >= 0.6 is 27.7 Å². The SMILES string of the molecule is NCCCc1n[nH]c(CSc2ccccc2Br)n1. The number of nitrogens with zero attached hydrogens (tertiary/aromatic N) is 2. The van der Waals surface area contributed by atoms with E-state index in [-0.39, 0.29) is 0 Å². The Kier molecular flexibility index (Phi) is 5.22. The van der Waals surface area contributed by atoms with Crippen LogP contribution in [0.3, 0.4) is 0 Å². The van der Waals surface area contributed by atoms with Crippen LogP contribution < -0.4 is 5.73 Å². The van der Waals surface area contributed by atoms with E-state index < -0.39 is 0 Å². The lowest BCUT2D eigenvalue weighted by atomic mass is 10.3. The van der Waals surface area contributed by atoms with Gasteiger partial charge in [-0.25, -0.2) is 4.98 Å². The Balaban J connectivity index is 1.90. The van der Waals surface area contributed by atoms with E-state index in [4.69, 9.17) is 5.73 Å². The molecule has 0 fully saturated rings. The maximum Gasteiger partial charge on any atom is 0.150 e. The molecule has 0 aliphatic heterocycles. The highest BCUT2D eigenvalue weighted by Gasteiger charge is 2.05. The van der Waals surface area contributed by atoms with Crippen molar-refractivity contribution in [2.75, 3.05) is 6.54 Å². The smallest absolute Gasteiger partial charge is 0.150 e. The molecule has 3 N–H and O–H groups in total. The number of H-pyrrole nitrogens is 1. The Morgan fingerprint density at radius 1 is 1.33 bits per heavy atom. The number of rotatable bonds is 6. The number of halogens is 1. The van der Waals surface area contributed by atoms with Gasteiger partial charge in [-0.1, -0.05) is 12.1 Å². The van der Waals surface area contributed by atoms with Gasteiger partial charge in [-0.05, 0) is 41.0 Å². The molecule has 1 heterocycles. The van der Waals surface area contributed by atoms with Crippen LogP contribution in [0.1, 0.15) is 18.1 Å². The zero-order valence-electron chi connectivity index (χ0n) is 9.90. The normalized spacial score (nSPS) is 10.8. The molecule has 0 saturated heterocycles. The van der Waals surface area contributed by atoms with Crippen molar-refractivity contribution in [1.82, 2.24) is 15.2 Å². The van der Waals surface area contributed by atoms with Gasteiger partial charge in [0, 0.05) is 15.8 Å². The predicted molar refractivity (Wildman–Crippen MR) is 77.5 cm³/mol. The van der Waals surface area contributed by atoms with Crippen LogP contribution in [0.4, 0.5) is 0 Å². The summed E-state index contributed by atoms with van der Waals surface area (Å²) in [6.45, 7) is 0.676. The summed E-state index contributed by atoms with van der Waals surface area (Å²) in [7, 11) is 0. The molecule has 2 rings (SSSR count). The molecule has 0 spiro atoms. The molecule has 4 nitrogen and oxygen atoms in total. The number of benzene rings is 1. The highest BCUT2D eigenvalue weighted by molar-refractivity contribution is 9.10. The van der Waals surface area contributed by atoms with Gasteiger partial charge in [-0.2, -0.15) is 5.10 Å². The van der Waals surface area contributed by atoms with E-state index in [2.05, 4.69) is 37.2 Å². The molecule has 0 aliphatic carbocycles. The molecule has 0 atom stereocenters. The molecule has 6 heteroatoms. The summed E-state index contributed by atoms with van der Waals surface area (Å²) in [6, 6.07) is 8.16. The summed E-state index contributed by atoms with van der Waals surface area (Å²) < 4.78 is 1.11. The third-order valence-corrected chi connectivity index (χ3v) is 4.42. The molecule has 0 radical (unpaired) electrons. The van der Waals surface area contributed by atoms with E-state index in [9.17, 15) is 0 Å². The number of nitrogens with one attached hydrogen (secondary N) is 1. The number of nitrogens with two attached hydrogens (primary N) is 1. The molecule has 1 aromatic heterocycles. The number of hydrogen-bond donors (Lipinski definition) is 2. The minimum Gasteiger partial charge on any atom is -0.330 e. The van der Waals surface area contributed by atoms with Crippen molar-refractivity contribution in [2.45, 2.75) is 23.5 Å². The Morgan fingerprint density at radius 2 is 2.17 bits per heavy atom. The number of aromatic amines is 1. The van der Waals surface area contributed by atoms with Crippen LogP contribution in [0, 0.1) is 0 Å². The van der Waals surface area contributed by atoms with Gasteiger partial charge < -0.3 is 5.73 Å². The van der Waals surface area contributed by atoms with E-state index in [1.54, 1.807) is 11.8 Å². The van der Waals surface area contributed by atoms with Crippen LogP contribution in [0.15, 0.2) is 33.6 Å². The second-order valence-corrected chi connectivity index (χ2v) is 5.68. The van der Waals surface area contributed by atoms with Crippen molar-refractivity contribution >= 4 is 27.7 Å².